The van der Waals surface area contributed by atoms with Crippen LogP contribution in [0.4, 0.5) is 11.6 Å². The zero-order valence-electron chi connectivity index (χ0n) is 18.3. The molecule has 7 nitrogen and oxygen atoms in total. The summed E-state index contributed by atoms with van der Waals surface area (Å²) >= 11 is 0. The summed E-state index contributed by atoms with van der Waals surface area (Å²) in [6, 6.07) is 26.4. The van der Waals surface area contributed by atoms with Gasteiger partial charge in [0.1, 0.15) is 11.8 Å². The van der Waals surface area contributed by atoms with E-state index in [0.29, 0.717) is 23.1 Å². The molecule has 0 saturated carbocycles. The summed E-state index contributed by atoms with van der Waals surface area (Å²) in [6.07, 6.45) is 0. The van der Waals surface area contributed by atoms with Gasteiger partial charge in [0.05, 0.1) is 12.7 Å². The number of anilines is 2. The van der Waals surface area contributed by atoms with E-state index in [2.05, 4.69) is 10.6 Å². The summed E-state index contributed by atoms with van der Waals surface area (Å²) in [7, 11) is 1.63. The summed E-state index contributed by atoms with van der Waals surface area (Å²) in [4.78, 5) is 18.2. The number of carbonyl (C=O) groups excluding carboxylic acids is 1. The van der Waals surface area contributed by atoms with E-state index in [1.807, 2.05) is 91.9 Å². The third-order valence-electron chi connectivity index (χ3n) is 5.57. The van der Waals surface area contributed by atoms with Crippen LogP contribution in [0.15, 0.2) is 96.2 Å². The predicted molar refractivity (Wildman–Crippen MR) is 128 cm³/mol. The lowest BCUT2D eigenvalue weighted by molar-refractivity contribution is -0.113. The highest BCUT2D eigenvalue weighted by atomic mass is 16.5. The standard InChI is InChI=1S/C26H23N5O2/c1-17-22(25(32)28-20-13-7-4-8-14-20)23(19-12-9-15-21(16-19)33-2)31-26(27-17)29-24(30-31)18-10-5-3-6-11-18/h3-16,23H,1-2H3,(H,28,32)(H,27,29,30)/t23-/m1/s1. The van der Waals surface area contributed by atoms with Gasteiger partial charge < -0.3 is 15.4 Å². The van der Waals surface area contributed by atoms with Gasteiger partial charge in [0.25, 0.3) is 5.91 Å². The molecule has 4 aromatic rings. The van der Waals surface area contributed by atoms with Crippen LogP contribution < -0.4 is 15.4 Å². The zero-order valence-corrected chi connectivity index (χ0v) is 18.3. The van der Waals surface area contributed by atoms with Gasteiger partial charge in [0.2, 0.25) is 5.95 Å². The van der Waals surface area contributed by atoms with E-state index in [-0.39, 0.29) is 5.91 Å². The lowest BCUT2D eigenvalue weighted by Gasteiger charge is -2.28. The minimum atomic E-state index is -0.481. The predicted octanol–water partition coefficient (Wildman–Crippen LogP) is 4.88. The van der Waals surface area contributed by atoms with Crippen molar-refractivity contribution < 1.29 is 9.53 Å². The van der Waals surface area contributed by atoms with Crippen LogP contribution in [0.3, 0.4) is 0 Å². The van der Waals surface area contributed by atoms with Gasteiger partial charge in [-0.3, -0.25) is 4.79 Å². The van der Waals surface area contributed by atoms with Crippen molar-refractivity contribution in [2.24, 2.45) is 0 Å². The molecular formula is C26H23N5O2. The molecule has 1 amide bonds. The fourth-order valence-corrected chi connectivity index (χ4v) is 3.99. The second-order valence-electron chi connectivity index (χ2n) is 7.73. The maximum Gasteiger partial charge on any atom is 0.255 e. The average molecular weight is 438 g/mol. The smallest absolute Gasteiger partial charge is 0.255 e. The van der Waals surface area contributed by atoms with E-state index >= 15 is 0 Å². The van der Waals surface area contributed by atoms with E-state index in [9.17, 15) is 4.79 Å². The highest BCUT2D eigenvalue weighted by Crippen LogP contribution is 2.37. The van der Waals surface area contributed by atoms with Gasteiger partial charge in [-0.25, -0.2) is 4.68 Å². The van der Waals surface area contributed by atoms with Crippen LogP contribution in [0, 0.1) is 0 Å². The quantitative estimate of drug-likeness (QED) is 0.465. The fraction of sp³-hybridized carbons (Fsp3) is 0.115. The van der Waals surface area contributed by atoms with Crippen LogP contribution in [-0.4, -0.2) is 27.8 Å². The second-order valence-corrected chi connectivity index (χ2v) is 7.73. The summed E-state index contributed by atoms with van der Waals surface area (Å²) in [5.74, 6) is 1.66. The first-order valence-electron chi connectivity index (χ1n) is 10.6. The van der Waals surface area contributed by atoms with Gasteiger partial charge >= 0.3 is 0 Å². The number of hydrogen-bond donors (Lipinski definition) is 2. The van der Waals surface area contributed by atoms with E-state index in [1.165, 1.54) is 0 Å². The zero-order chi connectivity index (χ0) is 22.8. The Morgan fingerprint density at radius 2 is 1.73 bits per heavy atom. The maximum absolute atomic E-state index is 13.5. The van der Waals surface area contributed by atoms with Gasteiger partial charge in [-0.15, -0.1) is 5.10 Å². The Morgan fingerprint density at radius 3 is 2.45 bits per heavy atom. The Morgan fingerprint density at radius 1 is 1.00 bits per heavy atom. The Balaban J connectivity index is 1.62. The van der Waals surface area contributed by atoms with Crippen molar-refractivity contribution in [2.45, 2.75) is 13.0 Å². The Kier molecular flexibility index (Phi) is 5.36. The van der Waals surface area contributed by atoms with Crippen LogP contribution in [0.1, 0.15) is 18.5 Å². The number of nitrogens with one attached hydrogen (secondary N) is 2. The van der Waals surface area contributed by atoms with Gasteiger partial charge in [0.15, 0.2) is 5.82 Å². The number of allylic oxidation sites excluding steroid dienone is 1. The molecule has 1 aliphatic rings. The lowest BCUT2D eigenvalue weighted by Crippen LogP contribution is -2.31. The molecule has 33 heavy (non-hydrogen) atoms. The normalized spacial score (nSPS) is 14.9. The number of aromatic nitrogens is 3. The molecule has 7 heteroatoms. The maximum atomic E-state index is 13.5. The van der Waals surface area contributed by atoms with Gasteiger partial charge in [0, 0.05) is 16.9 Å². The summed E-state index contributed by atoms with van der Waals surface area (Å²) in [6.45, 7) is 1.88. The highest BCUT2D eigenvalue weighted by molar-refractivity contribution is 6.06. The minimum absolute atomic E-state index is 0.207. The van der Waals surface area contributed by atoms with Crippen LogP contribution in [0.5, 0.6) is 5.75 Å². The van der Waals surface area contributed by atoms with E-state index < -0.39 is 6.04 Å². The molecule has 0 radical (unpaired) electrons. The van der Waals surface area contributed by atoms with Crippen molar-refractivity contribution in [2.75, 3.05) is 17.7 Å². The number of carbonyl (C=O) groups is 1. The van der Waals surface area contributed by atoms with Gasteiger partial charge in [-0.1, -0.05) is 60.7 Å². The third kappa shape index (κ3) is 3.96. The molecule has 5 rings (SSSR count). The summed E-state index contributed by atoms with van der Waals surface area (Å²) < 4.78 is 7.22. The largest absolute Gasteiger partial charge is 0.497 e. The molecular weight excluding hydrogens is 414 g/mol. The second kappa shape index (κ2) is 8.63. The van der Waals surface area contributed by atoms with Crippen molar-refractivity contribution in [1.29, 1.82) is 0 Å². The van der Waals surface area contributed by atoms with Crippen molar-refractivity contribution in [3.8, 4) is 17.1 Å². The first-order chi connectivity index (χ1) is 16.1. The summed E-state index contributed by atoms with van der Waals surface area (Å²) in [5.41, 5.74) is 3.78. The van der Waals surface area contributed by atoms with Crippen LogP contribution >= 0.6 is 0 Å². The number of fused-ring (bicyclic) bond motifs is 1. The number of amides is 1. The number of rotatable bonds is 5. The van der Waals surface area contributed by atoms with Gasteiger partial charge in [-0.2, -0.15) is 4.98 Å². The summed E-state index contributed by atoms with van der Waals surface area (Å²) in [5, 5.41) is 11.1. The van der Waals surface area contributed by atoms with Gasteiger partial charge in [-0.05, 0) is 36.8 Å². The number of methoxy groups -OCH3 is 1. The molecule has 1 aromatic heterocycles. The number of hydrogen-bond acceptors (Lipinski definition) is 5. The molecule has 2 heterocycles. The molecule has 0 saturated heterocycles. The number of nitrogens with zero attached hydrogens (tertiary/aromatic N) is 3. The SMILES string of the molecule is COc1cccc([C@@H]2C(C(=O)Nc3ccccc3)=C(C)Nc3nc(-c4ccccc4)nn32)c1. The molecule has 0 bridgehead atoms. The number of para-hydroxylation sites is 1. The Bertz CT molecular complexity index is 1330. The van der Waals surface area contributed by atoms with E-state index in [0.717, 1.165) is 22.5 Å². The van der Waals surface area contributed by atoms with Crippen LogP contribution in [0.2, 0.25) is 0 Å². The molecule has 1 atom stereocenters. The average Bonchev–Trinajstić information content (AvgIpc) is 3.28. The first kappa shape index (κ1) is 20.5. The molecule has 0 fully saturated rings. The Hall–Kier alpha value is -4.39. The molecule has 3 aromatic carbocycles. The van der Waals surface area contributed by atoms with Crippen molar-refractivity contribution in [3.63, 3.8) is 0 Å². The molecule has 0 spiro atoms. The molecule has 0 aliphatic carbocycles. The topological polar surface area (TPSA) is 81.1 Å². The van der Waals surface area contributed by atoms with Crippen LogP contribution in [0.25, 0.3) is 11.4 Å². The molecule has 2 N–H and O–H groups in total. The number of benzene rings is 3. The highest BCUT2D eigenvalue weighted by Gasteiger charge is 2.34. The van der Waals surface area contributed by atoms with Crippen molar-refractivity contribution in [3.05, 3.63) is 102 Å². The monoisotopic (exact) mass is 437 g/mol. The van der Waals surface area contributed by atoms with Crippen LogP contribution in [-0.2, 0) is 4.79 Å². The van der Waals surface area contributed by atoms with E-state index in [1.54, 1.807) is 11.8 Å². The fourth-order valence-electron chi connectivity index (χ4n) is 3.99. The lowest BCUT2D eigenvalue weighted by atomic mass is 9.95. The van der Waals surface area contributed by atoms with Crippen molar-refractivity contribution >= 4 is 17.5 Å². The van der Waals surface area contributed by atoms with Crippen molar-refractivity contribution in [1.82, 2.24) is 14.8 Å². The first-order valence-corrected chi connectivity index (χ1v) is 10.6. The molecule has 164 valence electrons. The molecule has 1 aliphatic heterocycles. The van der Waals surface area contributed by atoms with E-state index in [4.69, 9.17) is 14.8 Å². The molecule has 0 unspecified atom stereocenters. The number of ether oxygens (including phenoxy) is 1. The Labute approximate surface area is 191 Å². The third-order valence-corrected chi connectivity index (χ3v) is 5.57. The minimum Gasteiger partial charge on any atom is -0.497 e.